The van der Waals surface area contributed by atoms with Crippen molar-refractivity contribution in [3.8, 4) is 5.88 Å². The molecule has 2 heterocycles. The first kappa shape index (κ1) is 31.7. The standard InChI is InChI=1S/C33H52ClN5O2/c1-8-24(13-18-28-32(35-37(6)33(28)41-7)38-19-11-10-12-20-38)31(40)29-21-25(34)22-30(23(29)3)39(9-2)27-16-14-26(15-17-27)36(4)5/h21-22,24,26-27H,8-20H2,1-7H3. The highest BCUT2D eigenvalue weighted by molar-refractivity contribution is 6.31. The molecule has 0 spiro atoms. The molecule has 4 rings (SSSR count). The minimum atomic E-state index is -0.0928. The summed E-state index contributed by atoms with van der Waals surface area (Å²) in [5.74, 6) is 1.93. The number of carbonyl (C=O) groups excluding carboxylic acids is 1. The summed E-state index contributed by atoms with van der Waals surface area (Å²) in [6, 6.07) is 5.10. The van der Waals surface area contributed by atoms with Crippen molar-refractivity contribution < 1.29 is 9.53 Å². The van der Waals surface area contributed by atoms with Crippen molar-refractivity contribution in [1.29, 1.82) is 0 Å². The van der Waals surface area contributed by atoms with E-state index >= 15 is 0 Å². The first-order valence-electron chi connectivity index (χ1n) is 15.8. The fraction of sp³-hybridized carbons (Fsp3) is 0.697. The van der Waals surface area contributed by atoms with Crippen molar-refractivity contribution in [3.05, 3.63) is 33.8 Å². The smallest absolute Gasteiger partial charge is 0.216 e. The lowest BCUT2D eigenvalue weighted by Crippen LogP contribution is -2.42. The van der Waals surface area contributed by atoms with Crippen LogP contribution in [-0.4, -0.2) is 73.4 Å². The molecule has 2 aliphatic rings. The molecule has 1 unspecified atom stereocenters. The Hall–Kier alpha value is -2.25. The number of hydrogen-bond acceptors (Lipinski definition) is 6. The fourth-order valence-corrected chi connectivity index (χ4v) is 7.37. The van der Waals surface area contributed by atoms with Crippen LogP contribution in [0, 0.1) is 12.8 Å². The fourth-order valence-electron chi connectivity index (χ4n) is 7.16. The van der Waals surface area contributed by atoms with Gasteiger partial charge in [-0.3, -0.25) is 4.79 Å². The number of aryl methyl sites for hydroxylation is 1. The Kier molecular flexibility index (Phi) is 11.0. The second-order valence-corrected chi connectivity index (χ2v) is 12.7. The molecule has 1 aliphatic carbocycles. The quantitative estimate of drug-likeness (QED) is 0.252. The first-order chi connectivity index (χ1) is 19.7. The van der Waals surface area contributed by atoms with E-state index in [2.05, 4.69) is 55.6 Å². The molecular weight excluding hydrogens is 534 g/mol. The molecule has 41 heavy (non-hydrogen) atoms. The SMILES string of the molecule is CCC(CCc1c(N2CCCCC2)nn(C)c1OC)C(=O)c1cc(Cl)cc(N(CC)C2CCC(N(C)C)CC2)c1C. The van der Waals surface area contributed by atoms with Crippen molar-refractivity contribution in [2.45, 2.75) is 97.1 Å². The van der Waals surface area contributed by atoms with E-state index in [1.807, 2.05) is 17.8 Å². The Bertz CT molecular complexity index is 1160. The van der Waals surface area contributed by atoms with Gasteiger partial charge in [0.05, 0.1) is 12.7 Å². The maximum absolute atomic E-state index is 14.1. The number of Topliss-reactive ketones (excluding diaryl/α,β-unsaturated/α-hetero) is 1. The van der Waals surface area contributed by atoms with Crippen molar-refractivity contribution in [3.63, 3.8) is 0 Å². The van der Waals surface area contributed by atoms with Gasteiger partial charge in [0, 0.05) is 61.0 Å². The molecule has 0 radical (unpaired) electrons. The van der Waals surface area contributed by atoms with Crippen LogP contribution < -0.4 is 14.5 Å². The first-order valence-corrected chi connectivity index (χ1v) is 16.2. The second-order valence-electron chi connectivity index (χ2n) is 12.3. The summed E-state index contributed by atoms with van der Waals surface area (Å²) in [5, 5.41) is 5.49. The van der Waals surface area contributed by atoms with E-state index in [0.717, 1.165) is 85.8 Å². The lowest BCUT2D eigenvalue weighted by Gasteiger charge is -2.40. The third-order valence-corrected chi connectivity index (χ3v) is 9.84. The van der Waals surface area contributed by atoms with Crippen LogP contribution in [0.5, 0.6) is 5.88 Å². The molecule has 228 valence electrons. The summed E-state index contributed by atoms with van der Waals surface area (Å²) >= 11 is 6.72. The Balaban J connectivity index is 1.55. The number of aromatic nitrogens is 2. The summed E-state index contributed by atoms with van der Waals surface area (Å²) in [4.78, 5) is 21.4. The zero-order chi connectivity index (χ0) is 29.7. The number of carbonyl (C=O) groups is 1. The molecule has 0 bridgehead atoms. The summed E-state index contributed by atoms with van der Waals surface area (Å²) < 4.78 is 7.64. The minimum Gasteiger partial charge on any atom is -0.481 e. The van der Waals surface area contributed by atoms with Crippen LogP contribution >= 0.6 is 11.6 Å². The lowest BCUT2D eigenvalue weighted by atomic mass is 9.86. The Labute approximate surface area is 253 Å². The number of benzene rings is 1. The van der Waals surface area contributed by atoms with Crippen LogP contribution in [0.15, 0.2) is 12.1 Å². The molecule has 1 aromatic carbocycles. The van der Waals surface area contributed by atoms with Crippen molar-refractivity contribution >= 4 is 28.9 Å². The summed E-state index contributed by atoms with van der Waals surface area (Å²) in [5.41, 5.74) is 4.07. The number of piperidine rings is 1. The number of hydrogen-bond donors (Lipinski definition) is 0. The molecule has 0 amide bonds. The predicted octanol–water partition coefficient (Wildman–Crippen LogP) is 6.92. The third kappa shape index (κ3) is 7.05. The van der Waals surface area contributed by atoms with E-state index in [0.29, 0.717) is 17.1 Å². The van der Waals surface area contributed by atoms with Crippen LogP contribution in [0.1, 0.15) is 93.1 Å². The summed E-state index contributed by atoms with van der Waals surface area (Å²) in [7, 11) is 8.03. The largest absolute Gasteiger partial charge is 0.481 e. The Morgan fingerprint density at radius 2 is 1.76 bits per heavy atom. The van der Waals surface area contributed by atoms with Crippen LogP contribution in [0.3, 0.4) is 0 Å². The molecular formula is C33H52ClN5O2. The van der Waals surface area contributed by atoms with E-state index in [1.165, 1.54) is 32.1 Å². The molecule has 0 N–H and O–H groups in total. The highest BCUT2D eigenvalue weighted by atomic mass is 35.5. The minimum absolute atomic E-state index is 0.0928. The predicted molar refractivity (Wildman–Crippen MR) is 171 cm³/mol. The topological polar surface area (TPSA) is 53.8 Å². The van der Waals surface area contributed by atoms with Gasteiger partial charge in [-0.2, -0.15) is 5.10 Å². The van der Waals surface area contributed by atoms with Gasteiger partial charge in [0.2, 0.25) is 5.88 Å². The maximum Gasteiger partial charge on any atom is 0.216 e. The molecule has 7 nitrogen and oxygen atoms in total. The Morgan fingerprint density at radius 1 is 1.10 bits per heavy atom. The maximum atomic E-state index is 14.1. The van der Waals surface area contributed by atoms with E-state index in [1.54, 1.807) is 7.11 Å². The molecule has 2 aromatic rings. The van der Waals surface area contributed by atoms with Gasteiger partial charge in [0.1, 0.15) is 0 Å². The Morgan fingerprint density at radius 3 is 2.34 bits per heavy atom. The molecule has 1 aliphatic heterocycles. The number of halogens is 1. The van der Waals surface area contributed by atoms with Gasteiger partial charge >= 0.3 is 0 Å². The van der Waals surface area contributed by atoms with Gasteiger partial charge in [-0.15, -0.1) is 0 Å². The molecule has 1 saturated heterocycles. The molecule has 1 aromatic heterocycles. The van der Waals surface area contributed by atoms with Crippen LogP contribution in [-0.2, 0) is 13.5 Å². The average Bonchev–Trinajstić information content (AvgIpc) is 3.30. The average molecular weight is 586 g/mol. The van der Waals surface area contributed by atoms with Gasteiger partial charge in [-0.05, 0) is 110 Å². The molecule has 1 atom stereocenters. The van der Waals surface area contributed by atoms with E-state index in [-0.39, 0.29) is 11.7 Å². The molecule has 1 saturated carbocycles. The van der Waals surface area contributed by atoms with Crippen LogP contribution in [0.4, 0.5) is 11.5 Å². The van der Waals surface area contributed by atoms with Gasteiger partial charge in [0.15, 0.2) is 11.6 Å². The van der Waals surface area contributed by atoms with Crippen molar-refractivity contribution in [2.75, 3.05) is 50.6 Å². The highest BCUT2D eigenvalue weighted by Gasteiger charge is 2.30. The van der Waals surface area contributed by atoms with Gasteiger partial charge in [-0.1, -0.05) is 18.5 Å². The van der Waals surface area contributed by atoms with Crippen LogP contribution in [0.25, 0.3) is 0 Å². The van der Waals surface area contributed by atoms with Crippen molar-refractivity contribution in [1.82, 2.24) is 14.7 Å². The monoisotopic (exact) mass is 585 g/mol. The summed E-state index contributed by atoms with van der Waals surface area (Å²) in [6.07, 6.45) is 10.7. The number of ether oxygens (including phenoxy) is 1. The third-order valence-electron chi connectivity index (χ3n) is 9.62. The summed E-state index contributed by atoms with van der Waals surface area (Å²) in [6.45, 7) is 9.41. The number of methoxy groups -OCH3 is 1. The highest BCUT2D eigenvalue weighted by Crippen LogP contribution is 2.37. The number of rotatable bonds is 12. The number of anilines is 2. The normalized spacial score (nSPS) is 20.4. The molecule has 2 fully saturated rings. The van der Waals surface area contributed by atoms with Crippen molar-refractivity contribution in [2.24, 2.45) is 13.0 Å². The van der Waals surface area contributed by atoms with E-state index in [9.17, 15) is 4.79 Å². The zero-order valence-corrected chi connectivity index (χ0v) is 27.3. The van der Waals surface area contributed by atoms with Gasteiger partial charge < -0.3 is 19.4 Å². The van der Waals surface area contributed by atoms with Crippen LogP contribution in [0.2, 0.25) is 5.02 Å². The number of nitrogens with zero attached hydrogens (tertiary/aromatic N) is 5. The van der Waals surface area contributed by atoms with Gasteiger partial charge in [-0.25, -0.2) is 4.68 Å². The van der Waals surface area contributed by atoms with E-state index in [4.69, 9.17) is 21.4 Å². The van der Waals surface area contributed by atoms with E-state index < -0.39 is 0 Å². The zero-order valence-electron chi connectivity index (χ0n) is 26.5. The second kappa shape index (κ2) is 14.3. The lowest BCUT2D eigenvalue weighted by molar-refractivity contribution is 0.0909. The number of ketones is 1. The van der Waals surface area contributed by atoms with Gasteiger partial charge in [0.25, 0.3) is 0 Å². The molecule has 8 heteroatoms.